The molecule has 0 amide bonds. The van der Waals surface area contributed by atoms with Gasteiger partial charge in [-0.3, -0.25) is 0 Å². The van der Waals surface area contributed by atoms with Gasteiger partial charge < -0.3 is 5.32 Å². The Balaban J connectivity index is 2.50. The first kappa shape index (κ1) is 16.9. The molecule has 1 aromatic rings. The van der Waals surface area contributed by atoms with Gasteiger partial charge in [0, 0.05) is 13.0 Å². The zero-order chi connectivity index (χ0) is 15.4. The number of unbranched alkanes of at least 4 members (excludes halogenated alkanes) is 1. The predicted molar refractivity (Wildman–Crippen MR) is 62.6 cm³/mol. The van der Waals surface area contributed by atoms with Gasteiger partial charge in [-0.2, -0.15) is 26.3 Å². The van der Waals surface area contributed by atoms with E-state index in [4.69, 9.17) is 11.6 Å². The highest BCUT2D eigenvalue weighted by Gasteiger charge is 2.31. The number of rotatable bonds is 5. The van der Waals surface area contributed by atoms with Crippen molar-refractivity contribution in [3.05, 3.63) is 22.8 Å². The molecule has 20 heavy (non-hydrogen) atoms. The maximum atomic E-state index is 12.5. The van der Waals surface area contributed by atoms with Gasteiger partial charge >= 0.3 is 12.4 Å². The van der Waals surface area contributed by atoms with E-state index in [1.54, 1.807) is 0 Å². The summed E-state index contributed by atoms with van der Waals surface area (Å²) in [6, 6.07) is 1.44. The van der Waals surface area contributed by atoms with Crippen molar-refractivity contribution in [2.45, 2.75) is 31.6 Å². The quantitative estimate of drug-likeness (QED) is 0.474. The van der Waals surface area contributed by atoms with Gasteiger partial charge in [-0.25, -0.2) is 4.98 Å². The lowest BCUT2D eigenvalue weighted by Gasteiger charge is -2.11. The first-order valence-corrected chi connectivity index (χ1v) is 6.01. The molecule has 0 bridgehead atoms. The minimum Gasteiger partial charge on any atom is -0.370 e. The van der Waals surface area contributed by atoms with Crippen LogP contribution in [0.2, 0.25) is 5.15 Å². The summed E-state index contributed by atoms with van der Waals surface area (Å²) in [6.07, 6.45) is -9.65. The third kappa shape index (κ3) is 6.31. The summed E-state index contributed by atoms with van der Waals surface area (Å²) in [4.78, 5) is 3.63. The van der Waals surface area contributed by atoms with Gasteiger partial charge in [-0.05, 0) is 25.0 Å². The number of pyridine rings is 1. The maximum Gasteiger partial charge on any atom is 0.416 e. The highest BCUT2D eigenvalue weighted by molar-refractivity contribution is 6.29. The number of nitrogens with one attached hydrogen (secondary N) is 1. The molecule has 0 fully saturated rings. The molecule has 0 saturated heterocycles. The normalized spacial score (nSPS) is 12.6. The zero-order valence-corrected chi connectivity index (χ0v) is 10.8. The van der Waals surface area contributed by atoms with E-state index in [2.05, 4.69) is 10.3 Å². The van der Waals surface area contributed by atoms with Crippen molar-refractivity contribution in [3.8, 4) is 0 Å². The molecule has 9 heteroatoms. The van der Waals surface area contributed by atoms with Crippen molar-refractivity contribution < 1.29 is 26.3 Å². The summed E-state index contributed by atoms with van der Waals surface area (Å²) in [5.74, 6) is -0.114. The topological polar surface area (TPSA) is 24.9 Å². The van der Waals surface area contributed by atoms with Gasteiger partial charge in [0.2, 0.25) is 0 Å². The van der Waals surface area contributed by atoms with Crippen LogP contribution in [0.15, 0.2) is 12.1 Å². The molecule has 0 spiro atoms. The molecule has 0 aliphatic rings. The zero-order valence-electron chi connectivity index (χ0n) is 10.1. The number of hydrogen-bond donors (Lipinski definition) is 1. The second kappa shape index (κ2) is 6.51. The second-order valence-corrected chi connectivity index (χ2v) is 4.45. The van der Waals surface area contributed by atoms with Crippen molar-refractivity contribution in [1.29, 1.82) is 0 Å². The Morgan fingerprint density at radius 3 is 2.25 bits per heavy atom. The van der Waals surface area contributed by atoms with Crippen LogP contribution >= 0.6 is 11.6 Å². The van der Waals surface area contributed by atoms with E-state index >= 15 is 0 Å². The summed E-state index contributed by atoms with van der Waals surface area (Å²) in [7, 11) is 0. The highest BCUT2D eigenvalue weighted by Crippen LogP contribution is 2.32. The molecule has 0 aromatic carbocycles. The molecule has 0 saturated carbocycles. The van der Waals surface area contributed by atoms with Crippen molar-refractivity contribution in [1.82, 2.24) is 4.98 Å². The van der Waals surface area contributed by atoms with Crippen LogP contribution in [0.1, 0.15) is 24.8 Å². The first-order chi connectivity index (χ1) is 9.08. The van der Waals surface area contributed by atoms with Gasteiger partial charge in [-0.1, -0.05) is 11.6 Å². The molecule has 1 rings (SSSR count). The van der Waals surface area contributed by atoms with Crippen LogP contribution in [0, 0.1) is 0 Å². The molecule has 1 heterocycles. The Morgan fingerprint density at radius 2 is 1.70 bits per heavy atom. The largest absolute Gasteiger partial charge is 0.416 e. The minimum absolute atomic E-state index is 0.0840. The van der Waals surface area contributed by atoms with Gasteiger partial charge in [0.05, 0.1) is 5.56 Å². The Labute approximate surface area is 116 Å². The molecule has 0 radical (unpaired) electrons. The molecule has 1 N–H and O–H groups in total. The molecule has 1 aromatic heterocycles. The number of nitrogens with zero attached hydrogens (tertiary/aromatic N) is 1. The monoisotopic (exact) mass is 320 g/mol. The van der Waals surface area contributed by atoms with Gasteiger partial charge in [0.25, 0.3) is 0 Å². The molecular weight excluding hydrogens is 310 g/mol. The Morgan fingerprint density at radius 1 is 1.05 bits per heavy atom. The van der Waals surface area contributed by atoms with E-state index < -0.39 is 24.3 Å². The fourth-order valence-electron chi connectivity index (χ4n) is 1.42. The number of hydrogen-bond acceptors (Lipinski definition) is 2. The van der Waals surface area contributed by atoms with E-state index in [0.29, 0.717) is 6.07 Å². The number of halogens is 7. The van der Waals surface area contributed by atoms with Gasteiger partial charge in [0.15, 0.2) is 0 Å². The van der Waals surface area contributed by atoms with E-state index in [0.717, 1.165) is 6.07 Å². The van der Waals surface area contributed by atoms with Crippen molar-refractivity contribution in [2.24, 2.45) is 0 Å². The SMILES string of the molecule is FC(F)(F)CCCCNc1cc(C(F)(F)F)cc(Cl)n1. The third-order valence-electron chi connectivity index (χ3n) is 2.31. The summed E-state index contributed by atoms with van der Waals surface area (Å²) < 4.78 is 73.1. The summed E-state index contributed by atoms with van der Waals surface area (Å²) in [5.41, 5.74) is -0.963. The standard InChI is InChI=1S/C11H11ClF6N2/c12-8-5-7(11(16,17)18)6-9(20-8)19-4-2-1-3-10(13,14)15/h5-6H,1-4H2,(H,19,20). The molecular formula is C11H11ClF6N2. The summed E-state index contributed by atoms with van der Waals surface area (Å²) in [6.45, 7) is 0.0840. The molecule has 0 atom stereocenters. The highest BCUT2D eigenvalue weighted by atomic mass is 35.5. The molecule has 114 valence electrons. The Hall–Kier alpha value is -1.18. The predicted octanol–water partition coefficient (Wildman–Crippen LogP) is 4.90. The van der Waals surface area contributed by atoms with Crippen LogP contribution in [0.5, 0.6) is 0 Å². The average Bonchev–Trinajstić information content (AvgIpc) is 2.25. The fourth-order valence-corrected chi connectivity index (χ4v) is 1.63. The van der Waals surface area contributed by atoms with E-state index in [-0.39, 0.29) is 30.4 Å². The first-order valence-electron chi connectivity index (χ1n) is 5.63. The van der Waals surface area contributed by atoms with Crippen LogP contribution in [-0.2, 0) is 6.18 Å². The lowest BCUT2D eigenvalue weighted by atomic mass is 10.2. The minimum atomic E-state index is -4.56. The third-order valence-corrected chi connectivity index (χ3v) is 2.51. The number of anilines is 1. The Kier molecular flexibility index (Phi) is 5.50. The lowest BCUT2D eigenvalue weighted by Crippen LogP contribution is -2.10. The van der Waals surface area contributed by atoms with Crippen molar-refractivity contribution in [2.75, 3.05) is 11.9 Å². The summed E-state index contributed by atoms with van der Waals surface area (Å²) >= 11 is 5.46. The van der Waals surface area contributed by atoms with Crippen LogP contribution in [0.25, 0.3) is 0 Å². The molecule has 2 nitrogen and oxygen atoms in total. The molecule has 0 unspecified atom stereocenters. The average molecular weight is 321 g/mol. The number of alkyl halides is 6. The van der Waals surface area contributed by atoms with E-state index in [1.807, 2.05) is 0 Å². The molecule has 0 aliphatic heterocycles. The van der Waals surface area contributed by atoms with Gasteiger partial charge in [0.1, 0.15) is 11.0 Å². The van der Waals surface area contributed by atoms with E-state index in [9.17, 15) is 26.3 Å². The van der Waals surface area contributed by atoms with Crippen molar-refractivity contribution in [3.63, 3.8) is 0 Å². The summed E-state index contributed by atoms with van der Waals surface area (Å²) in [5, 5.41) is 2.19. The van der Waals surface area contributed by atoms with Crippen LogP contribution in [0.3, 0.4) is 0 Å². The van der Waals surface area contributed by atoms with Gasteiger partial charge in [-0.15, -0.1) is 0 Å². The Bertz CT molecular complexity index is 444. The van der Waals surface area contributed by atoms with E-state index in [1.165, 1.54) is 0 Å². The lowest BCUT2D eigenvalue weighted by molar-refractivity contribution is -0.138. The number of aromatic nitrogens is 1. The van der Waals surface area contributed by atoms with Crippen LogP contribution in [-0.4, -0.2) is 17.7 Å². The van der Waals surface area contributed by atoms with Crippen molar-refractivity contribution >= 4 is 17.4 Å². The maximum absolute atomic E-state index is 12.5. The van der Waals surface area contributed by atoms with Crippen LogP contribution in [0.4, 0.5) is 32.2 Å². The molecule has 0 aliphatic carbocycles. The smallest absolute Gasteiger partial charge is 0.370 e. The fraction of sp³-hybridized carbons (Fsp3) is 0.545. The second-order valence-electron chi connectivity index (χ2n) is 4.06. The van der Waals surface area contributed by atoms with Crippen LogP contribution < -0.4 is 5.32 Å².